The third-order valence-corrected chi connectivity index (χ3v) is 3.10. The molecule has 1 heterocycles. The van der Waals surface area contributed by atoms with Gasteiger partial charge >= 0.3 is 5.97 Å². The van der Waals surface area contributed by atoms with Gasteiger partial charge in [-0.05, 0) is 37.3 Å². The molecule has 86 valence electrons. The molecule has 1 aliphatic rings. The molecule has 1 atom stereocenters. The molecule has 3 heteroatoms. The van der Waals surface area contributed by atoms with Crippen LogP contribution in [0.4, 0.5) is 5.69 Å². The van der Waals surface area contributed by atoms with E-state index in [2.05, 4.69) is 30.4 Å². The van der Waals surface area contributed by atoms with E-state index in [1.54, 1.807) is 0 Å². The van der Waals surface area contributed by atoms with E-state index in [0.29, 0.717) is 0 Å². The third kappa shape index (κ3) is 2.54. The van der Waals surface area contributed by atoms with Gasteiger partial charge in [-0.25, -0.2) is 0 Å². The van der Waals surface area contributed by atoms with E-state index in [9.17, 15) is 4.79 Å². The fourth-order valence-corrected chi connectivity index (χ4v) is 2.31. The second-order valence-electron chi connectivity index (χ2n) is 4.54. The van der Waals surface area contributed by atoms with Crippen molar-refractivity contribution >= 4 is 11.7 Å². The first kappa shape index (κ1) is 11.0. The number of fused-ring (bicyclic) bond motifs is 1. The molecule has 0 bridgehead atoms. The average molecular weight is 219 g/mol. The summed E-state index contributed by atoms with van der Waals surface area (Å²) in [5.74, 6) is -0.436. The summed E-state index contributed by atoms with van der Waals surface area (Å²) in [6.45, 7) is 2.94. The number of anilines is 1. The van der Waals surface area contributed by atoms with Gasteiger partial charge in [-0.15, -0.1) is 0 Å². The van der Waals surface area contributed by atoms with E-state index in [0.717, 1.165) is 19.4 Å². The fraction of sp³-hybridized carbons (Fsp3) is 0.462. The zero-order valence-electron chi connectivity index (χ0n) is 9.49. The van der Waals surface area contributed by atoms with Crippen molar-refractivity contribution in [1.29, 1.82) is 0 Å². The van der Waals surface area contributed by atoms with Crippen LogP contribution in [0.2, 0.25) is 0 Å². The number of carboxylic acid groups (broad SMARTS) is 1. The second-order valence-corrected chi connectivity index (χ2v) is 4.54. The Morgan fingerprint density at radius 3 is 3.12 bits per heavy atom. The molecule has 3 nitrogen and oxygen atoms in total. The van der Waals surface area contributed by atoms with Gasteiger partial charge in [0, 0.05) is 18.7 Å². The standard InChI is InChI=1S/C13H17NO2/c1-9-2-3-12-11(6-9)7-10(4-5-14-12)8-13(15)16/h2-3,6,10,14H,4-5,7-8H2,1H3,(H,15,16). The summed E-state index contributed by atoms with van der Waals surface area (Å²) in [4.78, 5) is 10.7. The van der Waals surface area contributed by atoms with Crippen LogP contribution >= 0.6 is 0 Å². The molecule has 0 amide bonds. The summed E-state index contributed by atoms with van der Waals surface area (Å²) in [6.07, 6.45) is 2.07. The van der Waals surface area contributed by atoms with Gasteiger partial charge in [-0.2, -0.15) is 0 Å². The smallest absolute Gasteiger partial charge is 0.303 e. The van der Waals surface area contributed by atoms with Gasteiger partial charge in [0.25, 0.3) is 0 Å². The molecule has 0 fully saturated rings. The second kappa shape index (κ2) is 4.56. The van der Waals surface area contributed by atoms with Crippen LogP contribution in [0.3, 0.4) is 0 Å². The lowest BCUT2D eigenvalue weighted by Crippen LogP contribution is -2.11. The number of carboxylic acids is 1. The van der Waals surface area contributed by atoms with Crippen LogP contribution in [0.5, 0.6) is 0 Å². The quantitative estimate of drug-likeness (QED) is 0.803. The normalized spacial score (nSPS) is 19.4. The number of nitrogens with one attached hydrogen (secondary N) is 1. The van der Waals surface area contributed by atoms with Gasteiger partial charge in [0.15, 0.2) is 0 Å². The molecule has 0 spiro atoms. The predicted molar refractivity (Wildman–Crippen MR) is 63.7 cm³/mol. The highest BCUT2D eigenvalue weighted by molar-refractivity contribution is 5.67. The SMILES string of the molecule is Cc1ccc2c(c1)CC(CC(=O)O)CCN2. The highest BCUT2D eigenvalue weighted by atomic mass is 16.4. The van der Waals surface area contributed by atoms with Gasteiger partial charge in [0.05, 0.1) is 0 Å². The summed E-state index contributed by atoms with van der Waals surface area (Å²) in [5.41, 5.74) is 3.65. The summed E-state index contributed by atoms with van der Waals surface area (Å²) in [6, 6.07) is 6.33. The predicted octanol–water partition coefficient (Wildman–Crippen LogP) is 2.44. The number of aliphatic carboxylic acids is 1. The van der Waals surface area contributed by atoms with Crippen LogP contribution in [0.15, 0.2) is 18.2 Å². The van der Waals surface area contributed by atoms with Crippen molar-refractivity contribution in [3.05, 3.63) is 29.3 Å². The number of carbonyl (C=O) groups is 1. The minimum Gasteiger partial charge on any atom is -0.481 e. The number of aryl methyl sites for hydroxylation is 1. The van der Waals surface area contributed by atoms with Crippen molar-refractivity contribution in [2.45, 2.75) is 26.2 Å². The molecule has 1 aromatic carbocycles. The topological polar surface area (TPSA) is 49.3 Å². The van der Waals surface area contributed by atoms with Crippen LogP contribution < -0.4 is 5.32 Å². The molecule has 0 radical (unpaired) electrons. The molecule has 0 aliphatic carbocycles. The zero-order chi connectivity index (χ0) is 11.5. The molecule has 2 N–H and O–H groups in total. The molecular weight excluding hydrogens is 202 g/mol. The molecule has 1 unspecified atom stereocenters. The Labute approximate surface area is 95.5 Å². The fourth-order valence-electron chi connectivity index (χ4n) is 2.31. The van der Waals surface area contributed by atoms with Gasteiger partial charge in [-0.3, -0.25) is 4.79 Å². The van der Waals surface area contributed by atoms with Crippen LogP contribution in [0, 0.1) is 12.8 Å². The molecular formula is C13H17NO2. The lowest BCUT2D eigenvalue weighted by atomic mass is 9.93. The maximum Gasteiger partial charge on any atom is 0.303 e. The van der Waals surface area contributed by atoms with Gasteiger partial charge in [0.1, 0.15) is 0 Å². The number of hydrogen-bond acceptors (Lipinski definition) is 2. The Hall–Kier alpha value is -1.51. The summed E-state index contributed by atoms with van der Waals surface area (Å²) in [7, 11) is 0. The van der Waals surface area contributed by atoms with E-state index in [1.165, 1.54) is 16.8 Å². The maximum atomic E-state index is 10.7. The monoisotopic (exact) mass is 219 g/mol. The Bertz CT molecular complexity index is 401. The van der Waals surface area contributed by atoms with Crippen LogP contribution in [-0.2, 0) is 11.2 Å². The first-order chi connectivity index (χ1) is 7.65. The lowest BCUT2D eigenvalue weighted by molar-refractivity contribution is -0.138. The molecule has 1 aliphatic heterocycles. The molecule has 0 saturated heterocycles. The van der Waals surface area contributed by atoms with E-state index >= 15 is 0 Å². The number of rotatable bonds is 2. The maximum absolute atomic E-state index is 10.7. The number of hydrogen-bond donors (Lipinski definition) is 2. The molecule has 0 saturated carbocycles. The number of benzene rings is 1. The van der Waals surface area contributed by atoms with Crippen LogP contribution in [0.25, 0.3) is 0 Å². The van der Waals surface area contributed by atoms with E-state index < -0.39 is 5.97 Å². The summed E-state index contributed by atoms with van der Waals surface area (Å²) in [5, 5.41) is 12.2. The van der Waals surface area contributed by atoms with Crippen molar-refractivity contribution in [2.75, 3.05) is 11.9 Å². The Morgan fingerprint density at radius 1 is 1.56 bits per heavy atom. The first-order valence-electron chi connectivity index (χ1n) is 5.70. The highest BCUT2D eigenvalue weighted by Crippen LogP contribution is 2.27. The Morgan fingerprint density at radius 2 is 2.38 bits per heavy atom. The van der Waals surface area contributed by atoms with Gasteiger partial charge in [0.2, 0.25) is 0 Å². The molecule has 0 aromatic heterocycles. The third-order valence-electron chi connectivity index (χ3n) is 3.10. The van der Waals surface area contributed by atoms with E-state index in [4.69, 9.17) is 5.11 Å². The Kier molecular flexibility index (Phi) is 3.13. The van der Waals surface area contributed by atoms with Crippen molar-refractivity contribution < 1.29 is 9.90 Å². The van der Waals surface area contributed by atoms with Crippen molar-refractivity contribution in [3.8, 4) is 0 Å². The summed E-state index contributed by atoms with van der Waals surface area (Å²) < 4.78 is 0. The minimum absolute atomic E-state index is 0.257. The first-order valence-corrected chi connectivity index (χ1v) is 5.70. The highest BCUT2D eigenvalue weighted by Gasteiger charge is 2.18. The van der Waals surface area contributed by atoms with E-state index in [1.807, 2.05) is 0 Å². The van der Waals surface area contributed by atoms with Crippen LogP contribution in [0.1, 0.15) is 24.0 Å². The minimum atomic E-state index is -0.693. The van der Waals surface area contributed by atoms with Crippen LogP contribution in [-0.4, -0.2) is 17.6 Å². The van der Waals surface area contributed by atoms with Crippen molar-refractivity contribution in [3.63, 3.8) is 0 Å². The van der Waals surface area contributed by atoms with Crippen molar-refractivity contribution in [2.24, 2.45) is 5.92 Å². The van der Waals surface area contributed by atoms with Gasteiger partial charge in [-0.1, -0.05) is 17.7 Å². The average Bonchev–Trinajstić information content (AvgIpc) is 2.37. The van der Waals surface area contributed by atoms with Gasteiger partial charge < -0.3 is 10.4 Å². The molecule has 2 rings (SSSR count). The largest absolute Gasteiger partial charge is 0.481 e. The lowest BCUT2D eigenvalue weighted by Gasteiger charge is -2.11. The summed E-state index contributed by atoms with van der Waals surface area (Å²) >= 11 is 0. The van der Waals surface area contributed by atoms with E-state index in [-0.39, 0.29) is 12.3 Å². The molecule has 16 heavy (non-hydrogen) atoms. The van der Waals surface area contributed by atoms with Crippen molar-refractivity contribution in [1.82, 2.24) is 0 Å². The Balaban J connectivity index is 2.19. The molecule has 1 aromatic rings. The zero-order valence-corrected chi connectivity index (χ0v) is 9.49.